The van der Waals surface area contributed by atoms with Crippen molar-refractivity contribution >= 4 is 17.4 Å². The SMILES string of the molecule is COc1ccc(N)c(SCc2ccc(O)cc2)c1. The van der Waals surface area contributed by atoms with Gasteiger partial charge in [0, 0.05) is 16.3 Å². The fourth-order valence-corrected chi connectivity index (χ4v) is 2.47. The molecule has 0 aliphatic carbocycles. The number of phenolic OH excluding ortho intramolecular Hbond substituents is 1. The Kier molecular flexibility index (Phi) is 3.99. The molecule has 0 radical (unpaired) electrons. The summed E-state index contributed by atoms with van der Waals surface area (Å²) >= 11 is 1.65. The Morgan fingerprint density at radius 2 is 1.89 bits per heavy atom. The van der Waals surface area contributed by atoms with E-state index in [-0.39, 0.29) is 5.75 Å². The minimum absolute atomic E-state index is 0.282. The highest BCUT2D eigenvalue weighted by molar-refractivity contribution is 7.98. The molecule has 0 saturated heterocycles. The molecule has 2 aromatic carbocycles. The van der Waals surface area contributed by atoms with Gasteiger partial charge in [-0.05, 0) is 35.9 Å². The summed E-state index contributed by atoms with van der Waals surface area (Å²) in [5.41, 5.74) is 7.80. The van der Waals surface area contributed by atoms with E-state index in [4.69, 9.17) is 10.5 Å². The van der Waals surface area contributed by atoms with Crippen molar-refractivity contribution in [3.05, 3.63) is 48.0 Å². The summed E-state index contributed by atoms with van der Waals surface area (Å²) in [7, 11) is 1.64. The first-order valence-corrected chi connectivity index (χ1v) is 6.52. The van der Waals surface area contributed by atoms with E-state index in [2.05, 4.69) is 0 Å². The second-order valence-electron chi connectivity index (χ2n) is 3.86. The van der Waals surface area contributed by atoms with Gasteiger partial charge in [0.15, 0.2) is 0 Å². The smallest absolute Gasteiger partial charge is 0.120 e. The lowest BCUT2D eigenvalue weighted by atomic mass is 10.2. The van der Waals surface area contributed by atoms with Crippen LogP contribution in [-0.4, -0.2) is 12.2 Å². The quantitative estimate of drug-likeness (QED) is 0.655. The Labute approximate surface area is 111 Å². The molecular weight excluding hydrogens is 246 g/mol. The second-order valence-corrected chi connectivity index (χ2v) is 4.88. The molecule has 2 aromatic rings. The van der Waals surface area contributed by atoms with Crippen LogP contribution in [0.1, 0.15) is 5.56 Å². The van der Waals surface area contributed by atoms with Crippen molar-refractivity contribution in [3.63, 3.8) is 0 Å². The number of thioether (sulfide) groups is 1. The highest BCUT2D eigenvalue weighted by Crippen LogP contribution is 2.31. The first-order chi connectivity index (χ1) is 8.69. The number of nitrogen functional groups attached to an aromatic ring is 1. The van der Waals surface area contributed by atoms with Crippen molar-refractivity contribution in [2.75, 3.05) is 12.8 Å². The number of ether oxygens (including phenoxy) is 1. The fourth-order valence-electron chi connectivity index (χ4n) is 1.52. The molecule has 2 rings (SSSR count). The van der Waals surface area contributed by atoms with Gasteiger partial charge in [0.25, 0.3) is 0 Å². The van der Waals surface area contributed by atoms with Gasteiger partial charge in [-0.2, -0.15) is 0 Å². The molecule has 3 N–H and O–H groups in total. The number of rotatable bonds is 4. The summed E-state index contributed by atoms with van der Waals surface area (Å²) in [5, 5.41) is 9.21. The Hall–Kier alpha value is -1.81. The Bertz CT molecular complexity index is 526. The Balaban J connectivity index is 2.07. The number of benzene rings is 2. The topological polar surface area (TPSA) is 55.5 Å². The van der Waals surface area contributed by atoms with Crippen molar-refractivity contribution in [2.45, 2.75) is 10.6 Å². The van der Waals surface area contributed by atoms with E-state index in [1.807, 2.05) is 30.3 Å². The summed E-state index contributed by atoms with van der Waals surface area (Å²) in [6.45, 7) is 0. The van der Waals surface area contributed by atoms with E-state index in [0.717, 1.165) is 27.6 Å². The molecule has 0 aromatic heterocycles. The molecule has 0 aliphatic rings. The van der Waals surface area contributed by atoms with Gasteiger partial charge in [-0.15, -0.1) is 11.8 Å². The van der Waals surface area contributed by atoms with Gasteiger partial charge in [0.1, 0.15) is 11.5 Å². The molecule has 0 heterocycles. The molecule has 0 fully saturated rings. The molecule has 0 amide bonds. The van der Waals surface area contributed by atoms with Gasteiger partial charge in [-0.25, -0.2) is 0 Å². The van der Waals surface area contributed by atoms with Gasteiger partial charge in [-0.1, -0.05) is 12.1 Å². The lowest BCUT2D eigenvalue weighted by Gasteiger charge is -2.08. The summed E-state index contributed by atoms with van der Waals surface area (Å²) in [4.78, 5) is 1.00. The average molecular weight is 261 g/mol. The van der Waals surface area contributed by atoms with Gasteiger partial charge in [-0.3, -0.25) is 0 Å². The molecule has 94 valence electrons. The zero-order chi connectivity index (χ0) is 13.0. The van der Waals surface area contributed by atoms with Crippen LogP contribution in [0.3, 0.4) is 0 Å². The third kappa shape index (κ3) is 3.11. The summed E-state index contributed by atoms with van der Waals surface area (Å²) < 4.78 is 5.18. The van der Waals surface area contributed by atoms with E-state index < -0.39 is 0 Å². The number of nitrogens with two attached hydrogens (primary N) is 1. The standard InChI is InChI=1S/C14H15NO2S/c1-17-12-6-7-13(15)14(8-12)18-9-10-2-4-11(16)5-3-10/h2-8,16H,9,15H2,1H3. The predicted octanol–water partition coefficient (Wildman–Crippen LogP) is 3.28. The molecule has 18 heavy (non-hydrogen) atoms. The highest BCUT2D eigenvalue weighted by Gasteiger charge is 2.03. The maximum absolute atomic E-state index is 9.21. The van der Waals surface area contributed by atoms with Crippen molar-refractivity contribution in [2.24, 2.45) is 0 Å². The molecule has 0 atom stereocenters. The normalized spacial score (nSPS) is 10.3. The molecule has 0 spiro atoms. The third-order valence-electron chi connectivity index (χ3n) is 2.55. The van der Waals surface area contributed by atoms with E-state index in [1.54, 1.807) is 31.0 Å². The van der Waals surface area contributed by atoms with E-state index >= 15 is 0 Å². The Morgan fingerprint density at radius 1 is 1.17 bits per heavy atom. The zero-order valence-electron chi connectivity index (χ0n) is 10.1. The largest absolute Gasteiger partial charge is 0.508 e. The second kappa shape index (κ2) is 5.69. The molecular formula is C14H15NO2S. The summed E-state index contributed by atoms with van der Waals surface area (Å²) in [6, 6.07) is 12.8. The highest BCUT2D eigenvalue weighted by atomic mass is 32.2. The van der Waals surface area contributed by atoms with Crippen LogP contribution in [0, 0.1) is 0 Å². The van der Waals surface area contributed by atoms with Crippen LogP contribution >= 0.6 is 11.8 Å². The molecule has 4 heteroatoms. The van der Waals surface area contributed by atoms with Gasteiger partial charge < -0.3 is 15.6 Å². The van der Waals surface area contributed by atoms with Crippen LogP contribution in [0.25, 0.3) is 0 Å². The maximum Gasteiger partial charge on any atom is 0.120 e. The molecule has 0 unspecified atom stereocenters. The van der Waals surface area contributed by atoms with Crippen LogP contribution in [0.4, 0.5) is 5.69 Å². The van der Waals surface area contributed by atoms with Crippen molar-refractivity contribution in [1.82, 2.24) is 0 Å². The lowest BCUT2D eigenvalue weighted by Crippen LogP contribution is -1.91. The van der Waals surface area contributed by atoms with Crippen molar-refractivity contribution < 1.29 is 9.84 Å². The van der Waals surface area contributed by atoms with Crippen LogP contribution in [0.2, 0.25) is 0 Å². The van der Waals surface area contributed by atoms with Gasteiger partial charge >= 0.3 is 0 Å². The van der Waals surface area contributed by atoms with Crippen LogP contribution in [0.5, 0.6) is 11.5 Å². The van der Waals surface area contributed by atoms with Crippen LogP contribution in [0.15, 0.2) is 47.4 Å². The van der Waals surface area contributed by atoms with Crippen molar-refractivity contribution in [3.8, 4) is 11.5 Å². The minimum Gasteiger partial charge on any atom is -0.508 e. The number of anilines is 1. The molecule has 0 aliphatic heterocycles. The molecule has 0 saturated carbocycles. The lowest BCUT2D eigenvalue weighted by molar-refractivity contribution is 0.414. The number of hydrogen-bond acceptors (Lipinski definition) is 4. The zero-order valence-corrected chi connectivity index (χ0v) is 10.9. The van der Waals surface area contributed by atoms with Gasteiger partial charge in [0.05, 0.1) is 7.11 Å². The predicted molar refractivity (Wildman–Crippen MR) is 75.1 cm³/mol. The monoisotopic (exact) mass is 261 g/mol. The molecule has 3 nitrogen and oxygen atoms in total. The van der Waals surface area contributed by atoms with Crippen molar-refractivity contribution in [1.29, 1.82) is 0 Å². The van der Waals surface area contributed by atoms with Gasteiger partial charge in [0.2, 0.25) is 0 Å². The van der Waals surface area contributed by atoms with Crippen LogP contribution in [-0.2, 0) is 5.75 Å². The van der Waals surface area contributed by atoms with E-state index in [0.29, 0.717) is 0 Å². The first-order valence-electron chi connectivity index (χ1n) is 5.53. The first kappa shape index (κ1) is 12.6. The number of hydrogen-bond donors (Lipinski definition) is 2. The third-order valence-corrected chi connectivity index (χ3v) is 3.69. The summed E-state index contributed by atoms with van der Waals surface area (Å²) in [6.07, 6.45) is 0. The average Bonchev–Trinajstić information content (AvgIpc) is 2.40. The molecule has 0 bridgehead atoms. The maximum atomic E-state index is 9.21. The number of phenols is 1. The minimum atomic E-state index is 0.282. The Morgan fingerprint density at radius 3 is 2.56 bits per heavy atom. The summed E-state index contributed by atoms with van der Waals surface area (Å²) in [5.74, 6) is 1.89. The van der Waals surface area contributed by atoms with Crippen LogP contribution < -0.4 is 10.5 Å². The number of methoxy groups -OCH3 is 1. The van der Waals surface area contributed by atoms with E-state index in [1.165, 1.54) is 0 Å². The number of aromatic hydroxyl groups is 1. The van der Waals surface area contributed by atoms with E-state index in [9.17, 15) is 5.11 Å². The fraction of sp³-hybridized carbons (Fsp3) is 0.143.